The molecule has 0 aliphatic heterocycles. The lowest BCUT2D eigenvalue weighted by Gasteiger charge is -2.16. The van der Waals surface area contributed by atoms with Crippen LogP contribution in [0.3, 0.4) is 0 Å². The molecular formula is C13H19BrN2O. The minimum atomic E-state index is -0.0657. The standard InChI is InChI=1S/C13H19BrN2O/c1-2-3-6-10(9-15)16-13(17)11-7-4-5-8-12(11)14/h4-5,7-8,10H,2-3,6,9,15H2,1H3,(H,16,17). The molecule has 94 valence electrons. The van der Waals surface area contributed by atoms with Gasteiger partial charge < -0.3 is 11.1 Å². The Morgan fingerprint density at radius 1 is 1.47 bits per heavy atom. The molecule has 1 unspecified atom stereocenters. The topological polar surface area (TPSA) is 55.1 Å². The minimum absolute atomic E-state index is 0.0644. The maximum Gasteiger partial charge on any atom is 0.252 e. The first-order valence-corrected chi connectivity index (χ1v) is 6.73. The number of benzene rings is 1. The molecule has 0 aliphatic carbocycles. The fourth-order valence-corrected chi connectivity index (χ4v) is 2.07. The molecule has 4 heteroatoms. The molecule has 3 N–H and O–H groups in total. The fourth-order valence-electron chi connectivity index (χ4n) is 1.61. The largest absolute Gasteiger partial charge is 0.348 e. The van der Waals surface area contributed by atoms with Gasteiger partial charge in [0.1, 0.15) is 0 Å². The van der Waals surface area contributed by atoms with E-state index in [2.05, 4.69) is 28.2 Å². The Morgan fingerprint density at radius 3 is 2.76 bits per heavy atom. The summed E-state index contributed by atoms with van der Waals surface area (Å²) in [6.07, 6.45) is 3.13. The van der Waals surface area contributed by atoms with Crippen LogP contribution in [-0.4, -0.2) is 18.5 Å². The van der Waals surface area contributed by atoms with Crippen LogP contribution >= 0.6 is 15.9 Å². The van der Waals surface area contributed by atoms with Crippen molar-refractivity contribution < 1.29 is 4.79 Å². The molecule has 1 atom stereocenters. The SMILES string of the molecule is CCCCC(CN)NC(=O)c1ccccc1Br. The van der Waals surface area contributed by atoms with Crippen molar-refractivity contribution in [1.29, 1.82) is 0 Å². The lowest BCUT2D eigenvalue weighted by Crippen LogP contribution is -2.40. The number of amides is 1. The number of nitrogens with two attached hydrogens (primary N) is 1. The summed E-state index contributed by atoms with van der Waals surface area (Å²) >= 11 is 3.37. The Hall–Kier alpha value is -0.870. The van der Waals surface area contributed by atoms with Crippen LogP contribution in [0.4, 0.5) is 0 Å². The van der Waals surface area contributed by atoms with E-state index in [4.69, 9.17) is 5.73 Å². The number of nitrogens with one attached hydrogen (secondary N) is 1. The van der Waals surface area contributed by atoms with E-state index >= 15 is 0 Å². The van der Waals surface area contributed by atoms with Gasteiger partial charge in [0.2, 0.25) is 0 Å². The zero-order valence-corrected chi connectivity index (χ0v) is 11.7. The van der Waals surface area contributed by atoms with E-state index in [9.17, 15) is 4.79 Å². The normalized spacial score (nSPS) is 12.2. The molecule has 0 saturated heterocycles. The Balaban J connectivity index is 2.61. The molecule has 0 spiro atoms. The highest BCUT2D eigenvalue weighted by atomic mass is 79.9. The summed E-state index contributed by atoms with van der Waals surface area (Å²) in [4.78, 5) is 12.0. The zero-order chi connectivity index (χ0) is 12.7. The number of rotatable bonds is 6. The monoisotopic (exact) mass is 298 g/mol. The molecule has 0 heterocycles. The molecule has 0 aromatic heterocycles. The van der Waals surface area contributed by atoms with Gasteiger partial charge in [-0.3, -0.25) is 4.79 Å². The lowest BCUT2D eigenvalue weighted by atomic mass is 10.1. The second-order valence-electron chi connectivity index (χ2n) is 4.03. The van der Waals surface area contributed by atoms with Crippen molar-refractivity contribution in [1.82, 2.24) is 5.32 Å². The third-order valence-corrected chi connectivity index (χ3v) is 3.34. The Bertz CT molecular complexity index is 368. The molecule has 0 bridgehead atoms. The van der Waals surface area contributed by atoms with Crippen molar-refractivity contribution in [3.8, 4) is 0 Å². The third-order valence-electron chi connectivity index (χ3n) is 2.64. The van der Waals surface area contributed by atoms with Crippen molar-refractivity contribution >= 4 is 21.8 Å². The average molecular weight is 299 g/mol. The molecule has 0 saturated carbocycles. The summed E-state index contributed by atoms with van der Waals surface area (Å²) in [7, 11) is 0. The first-order chi connectivity index (χ1) is 8.19. The predicted molar refractivity (Wildman–Crippen MR) is 74.0 cm³/mol. The number of hydrogen-bond donors (Lipinski definition) is 2. The summed E-state index contributed by atoms with van der Waals surface area (Å²) in [6.45, 7) is 2.61. The first kappa shape index (κ1) is 14.2. The molecule has 17 heavy (non-hydrogen) atoms. The molecule has 1 amide bonds. The van der Waals surface area contributed by atoms with E-state index in [0.717, 1.165) is 23.7 Å². The van der Waals surface area contributed by atoms with Crippen molar-refractivity contribution in [3.63, 3.8) is 0 Å². The lowest BCUT2D eigenvalue weighted by molar-refractivity contribution is 0.0935. The van der Waals surface area contributed by atoms with Gasteiger partial charge >= 0.3 is 0 Å². The van der Waals surface area contributed by atoms with Crippen LogP contribution in [0.2, 0.25) is 0 Å². The van der Waals surface area contributed by atoms with Gasteiger partial charge in [-0.15, -0.1) is 0 Å². The zero-order valence-electron chi connectivity index (χ0n) is 10.1. The number of halogens is 1. The van der Waals surface area contributed by atoms with Crippen LogP contribution in [0.5, 0.6) is 0 Å². The summed E-state index contributed by atoms with van der Waals surface area (Å²) < 4.78 is 0.809. The van der Waals surface area contributed by atoms with E-state index in [0.29, 0.717) is 12.1 Å². The van der Waals surface area contributed by atoms with Crippen LogP contribution in [-0.2, 0) is 0 Å². The van der Waals surface area contributed by atoms with E-state index in [-0.39, 0.29) is 11.9 Å². The second-order valence-corrected chi connectivity index (χ2v) is 4.88. The van der Waals surface area contributed by atoms with Gasteiger partial charge in [0, 0.05) is 17.1 Å². The third kappa shape index (κ3) is 4.48. The van der Waals surface area contributed by atoms with Gasteiger partial charge in [-0.25, -0.2) is 0 Å². The van der Waals surface area contributed by atoms with E-state index in [1.165, 1.54) is 0 Å². The van der Waals surface area contributed by atoms with Gasteiger partial charge in [-0.1, -0.05) is 31.9 Å². The van der Waals surface area contributed by atoms with Crippen LogP contribution in [0.1, 0.15) is 36.5 Å². The van der Waals surface area contributed by atoms with Gasteiger partial charge in [0.25, 0.3) is 5.91 Å². The Labute approximate surface area is 111 Å². The number of carbonyl (C=O) groups excluding carboxylic acids is 1. The predicted octanol–water partition coefficient (Wildman–Crippen LogP) is 2.70. The van der Waals surface area contributed by atoms with Crippen LogP contribution in [0.15, 0.2) is 28.7 Å². The van der Waals surface area contributed by atoms with Crippen molar-refractivity contribution in [2.45, 2.75) is 32.2 Å². The summed E-state index contributed by atoms with van der Waals surface area (Å²) in [5.41, 5.74) is 6.31. The van der Waals surface area contributed by atoms with Gasteiger partial charge in [-0.05, 0) is 34.5 Å². The fraction of sp³-hybridized carbons (Fsp3) is 0.462. The van der Waals surface area contributed by atoms with Gasteiger partial charge in [-0.2, -0.15) is 0 Å². The highest BCUT2D eigenvalue weighted by Crippen LogP contribution is 2.15. The maximum absolute atomic E-state index is 12.0. The highest BCUT2D eigenvalue weighted by molar-refractivity contribution is 9.10. The van der Waals surface area contributed by atoms with E-state index in [1.54, 1.807) is 6.07 Å². The average Bonchev–Trinajstić information content (AvgIpc) is 2.34. The van der Waals surface area contributed by atoms with Crippen molar-refractivity contribution in [2.24, 2.45) is 5.73 Å². The molecular weight excluding hydrogens is 280 g/mol. The number of carbonyl (C=O) groups is 1. The first-order valence-electron chi connectivity index (χ1n) is 5.94. The Morgan fingerprint density at radius 2 is 2.18 bits per heavy atom. The second kappa shape index (κ2) is 7.45. The molecule has 0 fully saturated rings. The van der Waals surface area contributed by atoms with Crippen molar-refractivity contribution in [2.75, 3.05) is 6.54 Å². The Kier molecular flexibility index (Phi) is 6.22. The minimum Gasteiger partial charge on any atom is -0.348 e. The van der Waals surface area contributed by atoms with Gasteiger partial charge in [0.05, 0.1) is 5.56 Å². The summed E-state index contributed by atoms with van der Waals surface area (Å²) in [6, 6.07) is 7.46. The quantitative estimate of drug-likeness (QED) is 0.848. The molecule has 0 aliphatic rings. The summed E-state index contributed by atoms with van der Waals surface area (Å²) in [5, 5.41) is 2.96. The molecule has 1 rings (SSSR count). The van der Waals surface area contributed by atoms with Crippen molar-refractivity contribution in [3.05, 3.63) is 34.3 Å². The maximum atomic E-state index is 12.0. The molecule has 3 nitrogen and oxygen atoms in total. The van der Waals surface area contributed by atoms with E-state index in [1.807, 2.05) is 18.2 Å². The smallest absolute Gasteiger partial charge is 0.252 e. The molecule has 1 aromatic carbocycles. The summed E-state index contributed by atoms with van der Waals surface area (Å²) in [5.74, 6) is -0.0657. The van der Waals surface area contributed by atoms with Crippen LogP contribution in [0, 0.1) is 0 Å². The van der Waals surface area contributed by atoms with Crippen LogP contribution < -0.4 is 11.1 Å². The number of unbranched alkanes of at least 4 members (excludes halogenated alkanes) is 1. The van der Waals surface area contributed by atoms with Gasteiger partial charge in [0.15, 0.2) is 0 Å². The molecule has 0 radical (unpaired) electrons. The molecule has 1 aromatic rings. The highest BCUT2D eigenvalue weighted by Gasteiger charge is 2.13. The number of hydrogen-bond acceptors (Lipinski definition) is 2. The van der Waals surface area contributed by atoms with Crippen LogP contribution in [0.25, 0.3) is 0 Å². The van der Waals surface area contributed by atoms with E-state index < -0.39 is 0 Å².